The van der Waals surface area contributed by atoms with Crippen molar-refractivity contribution in [3.8, 4) is 0 Å². The molecule has 0 rings (SSSR count). The molecule has 0 amide bonds. The van der Waals surface area contributed by atoms with Crippen LogP contribution in [0.25, 0.3) is 0 Å². The summed E-state index contributed by atoms with van der Waals surface area (Å²) < 4.78 is 15.0. The van der Waals surface area contributed by atoms with Crippen molar-refractivity contribution in [3.05, 3.63) is 0 Å². The first-order valence-corrected chi connectivity index (χ1v) is 6.78. The number of carbonyl (C=O) groups is 1. The molecule has 3 N–H and O–H groups in total. The molecule has 7 heteroatoms. The summed E-state index contributed by atoms with van der Waals surface area (Å²) in [6.07, 6.45) is 2.10. The van der Waals surface area contributed by atoms with E-state index >= 15 is 0 Å². The monoisotopic (exact) mass is 256 g/mol. The van der Waals surface area contributed by atoms with Crippen LogP contribution < -0.4 is 0 Å². The highest BCUT2D eigenvalue weighted by atomic mass is 31.2. The third-order valence-corrected chi connectivity index (χ3v) is 2.37. The number of ether oxygens (including phenoxy) is 1. The molecule has 0 bridgehead atoms. The standard InChI is InChI=1S/C5H11O6P.C4H10/c1-3(2)11-5(4(6)7)12(8,9)10;1-3-4-2/h3,5H,1-2H3,(H,6,7)(H2,8,9,10);3-4H2,1-2H3. The molecule has 0 heterocycles. The van der Waals surface area contributed by atoms with Crippen molar-refractivity contribution >= 4 is 13.6 Å². The Kier molecular flexibility index (Phi) is 9.77. The van der Waals surface area contributed by atoms with E-state index in [9.17, 15) is 9.36 Å². The minimum Gasteiger partial charge on any atom is -0.479 e. The fourth-order valence-electron chi connectivity index (χ4n) is 0.539. The van der Waals surface area contributed by atoms with E-state index in [1.807, 2.05) is 0 Å². The molecular weight excluding hydrogens is 235 g/mol. The molecule has 98 valence electrons. The number of rotatable bonds is 5. The van der Waals surface area contributed by atoms with Gasteiger partial charge in [-0.2, -0.15) is 0 Å². The van der Waals surface area contributed by atoms with E-state index < -0.39 is 25.5 Å². The highest BCUT2D eigenvalue weighted by Crippen LogP contribution is 2.42. The zero-order valence-corrected chi connectivity index (χ0v) is 11.0. The summed E-state index contributed by atoms with van der Waals surface area (Å²) in [5, 5.41) is 8.34. The maximum Gasteiger partial charge on any atom is 0.365 e. The van der Waals surface area contributed by atoms with Gasteiger partial charge in [-0.3, -0.25) is 4.57 Å². The van der Waals surface area contributed by atoms with Crippen LogP contribution in [0.1, 0.15) is 40.5 Å². The Morgan fingerprint density at radius 2 is 1.62 bits per heavy atom. The second-order valence-electron chi connectivity index (χ2n) is 3.46. The van der Waals surface area contributed by atoms with Gasteiger partial charge in [0.05, 0.1) is 6.10 Å². The Morgan fingerprint density at radius 3 is 1.69 bits per heavy atom. The number of unbranched alkanes of at least 4 members (excludes halogenated alkanes) is 1. The predicted octanol–water partition coefficient (Wildman–Crippen LogP) is 1.81. The molecule has 0 aliphatic carbocycles. The van der Waals surface area contributed by atoms with Gasteiger partial charge in [-0.15, -0.1) is 0 Å². The first-order chi connectivity index (χ1) is 7.16. The molecule has 0 aromatic carbocycles. The summed E-state index contributed by atoms with van der Waals surface area (Å²) in [5.74, 6) is -3.71. The van der Waals surface area contributed by atoms with E-state index in [1.54, 1.807) is 0 Å². The van der Waals surface area contributed by atoms with Crippen molar-refractivity contribution in [3.63, 3.8) is 0 Å². The quantitative estimate of drug-likeness (QED) is 0.648. The van der Waals surface area contributed by atoms with E-state index in [2.05, 4.69) is 18.6 Å². The van der Waals surface area contributed by atoms with Crippen LogP contribution in [0.15, 0.2) is 0 Å². The van der Waals surface area contributed by atoms with E-state index in [0.717, 1.165) is 0 Å². The maximum absolute atomic E-state index is 10.5. The largest absolute Gasteiger partial charge is 0.479 e. The van der Waals surface area contributed by atoms with E-state index in [0.29, 0.717) is 0 Å². The van der Waals surface area contributed by atoms with Gasteiger partial charge in [0.25, 0.3) is 5.85 Å². The average Bonchev–Trinajstić information content (AvgIpc) is 2.12. The predicted molar refractivity (Wildman–Crippen MR) is 60.3 cm³/mol. The third kappa shape index (κ3) is 10.1. The summed E-state index contributed by atoms with van der Waals surface area (Å²) in [6, 6.07) is 0. The van der Waals surface area contributed by atoms with Gasteiger partial charge < -0.3 is 19.6 Å². The number of carboxylic acid groups (broad SMARTS) is 1. The molecule has 0 saturated carbocycles. The highest BCUT2D eigenvalue weighted by molar-refractivity contribution is 7.53. The molecule has 0 aliphatic rings. The van der Waals surface area contributed by atoms with Crippen LogP contribution in [0.2, 0.25) is 0 Å². The minimum atomic E-state index is -4.71. The minimum absolute atomic E-state index is 0.543. The van der Waals surface area contributed by atoms with Crippen LogP contribution in [0.4, 0.5) is 0 Å². The molecule has 0 aliphatic heterocycles. The molecule has 1 unspecified atom stereocenters. The fourth-order valence-corrected chi connectivity index (χ4v) is 1.23. The molecule has 1 atom stereocenters. The number of hydrogen-bond donors (Lipinski definition) is 3. The molecule has 16 heavy (non-hydrogen) atoms. The second-order valence-corrected chi connectivity index (χ2v) is 5.11. The maximum atomic E-state index is 10.5. The van der Waals surface area contributed by atoms with E-state index in [-0.39, 0.29) is 0 Å². The molecule has 0 radical (unpaired) electrons. The topological polar surface area (TPSA) is 104 Å². The first kappa shape index (κ1) is 18.0. The molecule has 0 saturated heterocycles. The fraction of sp³-hybridized carbons (Fsp3) is 0.889. The van der Waals surface area contributed by atoms with Crippen LogP contribution in [0, 0.1) is 0 Å². The lowest BCUT2D eigenvalue weighted by Gasteiger charge is -2.16. The van der Waals surface area contributed by atoms with Crippen molar-refractivity contribution in [1.29, 1.82) is 0 Å². The Morgan fingerprint density at radius 1 is 1.25 bits per heavy atom. The lowest BCUT2D eigenvalue weighted by atomic mass is 10.4. The van der Waals surface area contributed by atoms with Crippen molar-refractivity contribution in [2.24, 2.45) is 0 Å². The number of aliphatic carboxylic acids is 1. The van der Waals surface area contributed by atoms with Gasteiger partial charge in [-0.1, -0.05) is 26.7 Å². The van der Waals surface area contributed by atoms with Gasteiger partial charge in [0.1, 0.15) is 0 Å². The van der Waals surface area contributed by atoms with E-state index in [4.69, 9.17) is 14.9 Å². The summed E-state index contributed by atoms with van der Waals surface area (Å²) >= 11 is 0. The zero-order valence-electron chi connectivity index (χ0n) is 10.1. The summed E-state index contributed by atoms with van der Waals surface area (Å²) in [5.41, 5.74) is 0. The Bertz CT molecular complexity index is 232. The lowest BCUT2D eigenvalue weighted by molar-refractivity contribution is -0.147. The van der Waals surface area contributed by atoms with E-state index in [1.165, 1.54) is 26.7 Å². The normalized spacial score (nSPS) is 12.9. The summed E-state index contributed by atoms with van der Waals surface area (Å²) in [7, 11) is -4.71. The van der Waals surface area contributed by atoms with Crippen molar-refractivity contribution in [2.45, 2.75) is 52.5 Å². The SMILES string of the molecule is CC(C)OC(C(=O)O)P(=O)(O)O.CCCC. The van der Waals surface area contributed by atoms with Crippen LogP contribution >= 0.6 is 7.60 Å². The van der Waals surface area contributed by atoms with Gasteiger partial charge in [0.2, 0.25) is 0 Å². The molecule has 0 aromatic heterocycles. The van der Waals surface area contributed by atoms with Crippen LogP contribution in [0.3, 0.4) is 0 Å². The zero-order chi connectivity index (χ0) is 13.4. The number of carboxylic acids is 1. The summed E-state index contributed by atoms with van der Waals surface area (Å²) in [4.78, 5) is 27.3. The van der Waals surface area contributed by atoms with Gasteiger partial charge in [-0.05, 0) is 13.8 Å². The van der Waals surface area contributed by atoms with Gasteiger partial charge in [0, 0.05) is 0 Å². The van der Waals surface area contributed by atoms with Crippen molar-refractivity contribution < 1.29 is 29.0 Å². The van der Waals surface area contributed by atoms with Gasteiger partial charge in [0.15, 0.2) is 0 Å². The van der Waals surface area contributed by atoms with Crippen LogP contribution in [0.5, 0.6) is 0 Å². The van der Waals surface area contributed by atoms with Crippen molar-refractivity contribution in [1.82, 2.24) is 0 Å². The van der Waals surface area contributed by atoms with Crippen LogP contribution in [-0.4, -0.2) is 32.8 Å². The van der Waals surface area contributed by atoms with Crippen LogP contribution in [-0.2, 0) is 14.1 Å². The molecule has 6 nitrogen and oxygen atoms in total. The third-order valence-electron chi connectivity index (χ3n) is 1.42. The Hall–Kier alpha value is -0.420. The first-order valence-electron chi connectivity index (χ1n) is 5.10. The van der Waals surface area contributed by atoms with Gasteiger partial charge >= 0.3 is 13.6 Å². The van der Waals surface area contributed by atoms with Gasteiger partial charge in [-0.25, -0.2) is 4.79 Å². The molecule has 0 spiro atoms. The highest BCUT2D eigenvalue weighted by Gasteiger charge is 2.37. The molecular formula is C9H21O6P. The second kappa shape index (κ2) is 8.70. The number of hydrogen-bond acceptors (Lipinski definition) is 3. The lowest BCUT2D eigenvalue weighted by Crippen LogP contribution is -2.26. The Labute approximate surface area is 95.8 Å². The van der Waals surface area contributed by atoms with Crippen molar-refractivity contribution in [2.75, 3.05) is 0 Å². The molecule has 0 fully saturated rings. The average molecular weight is 256 g/mol. The summed E-state index contributed by atoms with van der Waals surface area (Å²) in [6.45, 7) is 7.34. The molecule has 0 aromatic rings. The Balaban J connectivity index is 0. The smallest absolute Gasteiger partial charge is 0.365 e.